The summed E-state index contributed by atoms with van der Waals surface area (Å²) in [6.07, 6.45) is 4.67. The highest BCUT2D eigenvalue weighted by Crippen LogP contribution is 2.28. The summed E-state index contributed by atoms with van der Waals surface area (Å²) >= 11 is 0. The van der Waals surface area contributed by atoms with Gasteiger partial charge in [-0.15, -0.1) is 0 Å². The minimum Gasteiger partial charge on any atom is -0.379 e. The van der Waals surface area contributed by atoms with Crippen LogP contribution in [0.2, 0.25) is 0 Å². The van der Waals surface area contributed by atoms with Gasteiger partial charge in [0.25, 0.3) is 0 Å². The fraction of sp³-hybridized carbons (Fsp3) is 0.846. The van der Waals surface area contributed by atoms with Gasteiger partial charge in [-0.25, -0.2) is 0 Å². The number of nitrogens with zero attached hydrogens (tertiary/aromatic N) is 1. The minimum absolute atomic E-state index is 0.0465. The van der Waals surface area contributed by atoms with Gasteiger partial charge in [0.1, 0.15) is 6.04 Å². The first kappa shape index (κ1) is 13.3. The van der Waals surface area contributed by atoms with Crippen LogP contribution in [-0.2, 0) is 14.3 Å². The van der Waals surface area contributed by atoms with Crippen molar-refractivity contribution in [2.24, 2.45) is 0 Å². The predicted molar refractivity (Wildman–Crippen MR) is 67.0 cm³/mol. The zero-order valence-corrected chi connectivity index (χ0v) is 11.1. The van der Waals surface area contributed by atoms with Gasteiger partial charge in [-0.1, -0.05) is 13.3 Å². The number of carbonyl (C=O) groups is 2. The Balaban J connectivity index is 2.10. The molecule has 2 aliphatic rings. The van der Waals surface area contributed by atoms with Gasteiger partial charge in [0.15, 0.2) is 0 Å². The molecule has 2 amide bonds. The molecule has 3 atom stereocenters. The van der Waals surface area contributed by atoms with Crippen molar-refractivity contribution in [1.82, 2.24) is 10.2 Å². The zero-order chi connectivity index (χ0) is 13.1. The number of nitrogens with one attached hydrogen (secondary N) is 1. The van der Waals surface area contributed by atoms with Crippen molar-refractivity contribution in [3.05, 3.63) is 0 Å². The summed E-state index contributed by atoms with van der Waals surface area (Å²) in [6.45, 7) is 2.20. The third kappa shape index (κ3) is 2.51. The molecule has 0 aromatic carbocycles. The van der Waals surface area contributed by atoms with E-state index in [0.29, 0.717) is 6.42 Å². The molecule has 18 heavy (non-hydrogen) atoms. The minimum atomic E-state index is -0.339. The molecule has 0 bridgehead atoms. The highest BCUT2D eigenvalue weighted by Gasteiger charge is 2.41. The molecule has 1 saturated carbocycles. The first-order chi connectivity index (χ1) is 8.67. The number of rotatable bonds is 4. The number of methoxy groups -OCH3 is 1. The molecule has 1 aliphatic carbocycles. The van der Waals surface area contributed by atoms with Crippen LogP contribution in [0.3, 0.4) is 0 Å². The molecule has 1 saturated heterocycles. The van der Waals surface area contributed by atoms with Crippen molar-refractivity contribution < 1.29 is 14.3 Å². The number of hydrogen-bond donors (Lipinski definition) is 1. The lowest BCUT2D eigenvalue weighted by molar-refractivity contribution is -0.149. The molecule has 0 aromatic heterocycles. The molecule has 0 spiro atoms. The van der Waals surface area contributed by atoms with Gasteiger partial charge in [-0.2, -0.15) is 0 Å². The Morgan fingerprint density at radius 1 is 1.39 bits per heavy atom. The van der Waals surface area contributed by atoms with Gasteiger partial charge in [0.2, 0.25) is 11.8 Å². The van der Waals surface area contributed by atoms with Crippen LogP contribution in [0.25, 0.3) is 0 Å². The van der Waals surface area contributed by atoms with Crippen LogP contribution in [0.1, 0.15) is 39.0 Å². The molecule has 3 unspecified atom stereocenters. The van der Waals surface area contributed by atoms with Crippen molar-refractivity contribution >= 4 is 11.8 Å². The Kier molecular flexibility index (Phi) is 4.22. The van der Waals surface area contributed by atoms with E-state index >= 15 is 0 Å². The Hall–Kier alpha value is -1.10. The predicted octanol–water partition coefficient (Wildman–Crippen LogP) is 0.681. The Labute approximate surface area is 108 Å². The summed E-state index contributed by atoms with van der Waals surface area (Å²) in [7, 11) is 1.68. The Morgan fingerprint density at radius 2 is 2.17 bits per heavy atom. The van der Waals surface area contributed by atoms with Crippen molar-refractivity contribution in [3.63, 3.8) is 0 Å². The lowest BCUT2D eigenvalue weighted by Crippen LogP contribution is -2.61. The van der Waals surface area contributed by atoms with Crippen molar-refractivity contribution in [2.75, 3.05) is 13.7 Å². The number of amides is 2. The summed E-state index contributed by atoms with van der Waals surface area (Å²) in [5.41, 5.74) is 0. The van der Waals surface area contributed by atoms with E-state index in [-0.39, 0.29) is 36.5 Å². The topological polar surface area (TPSA) is 58.6 Å². The highest BCUT2D eigenvalue weighted by molar-refractivity contribution is 5.95. The number of carbonyl (C=O) groups excluding carboxylic acids is 2. The van der Waals surface area contributed by atoms with Gasteiger partial charge < -0.3 is 15.0 Å². The second-order valence-corrected chi connectivity index (χ2v) is 5.15. The molecule has 1 heterocycles. The van der Waals surface area contributed by atoms with E-state index in [9.17, 15) is 9.59 Å². The van der Waals surface area contributed by atoms with Crippen molar-refractivity contribution in [1.29, 1.82) is 0 Å². The Morgan fingerprint density at radius 3 is 2.83 bits per heavy atom. The van der Waals surface area contributed by atoms with E-state index in [1.807, 2.05) is 6.92 Å². The van der Waals surface area contributed by atoms with Gasteiger partial charge in [-0.3, -0.25) is 9.59 Å². The van der Waals surface area contributed by atoms with Crippen LogP contribution in [0, 0.1) is 0 Å². The van der Waals surface area contributed by atoms with Gasteiger partial charge in [0, 0.05) is 7.11 Å². The summed E-state index contributed by atoms with van der Waals surface area (Å²) in [5.74, 6) is 0.0141. The molecule has 1 N–H and O–H groups in total. The average molecular weight is 254 g/mol. The second-order valence-electron chi connectivity index (χ2n) is 5.15. The molecule has 0 radical (unpaired) electrons. The maximum Gasteiger partial charge on any atom is 0.245 e. The fourth-order valence-corrected chi connectivity index (χ4v) is 3.04. The highest BCUT2D eigenvalue weighted by atomic mass is 16.5. The van der Waals surface area contributed by atoms with E-state index in [2.05, 4.69) is 5.32 Å². The van der Waals surface area contributed by atoms with E-state index in [1.54, 1.807) is 12.0 Å². The lowest BCUT2D eigenvalue weighted by Gasteiger charge is -2.38. The van der Waals surface area contributed by atoms with Crippen LogP contribution >= 0.6 is 0 Å². The molecule has 5 heteroatoms. The molecule has 0 aromatic rings. The first-order valence-electron chi connectivity index (χ1n) is 6.80. The molecule has 1 aliphatic heterocycles. The van der Waals surface area contributed by atoms with E-state index < -0.39 is 0 Å². The second kappa shape index (κ2) is 5.69. The number of piperazine rings is 1. The monoisotopic (exact) mass is 254 g/mol. The van der Waals surface area contributed by atoms with E-state index in [1.165, 1.54) is 0 Å². The fourth-order valence-electron chi connectivity index (χ4n) is 3.04. The van der Waals surface area contributed by atoms with Gasteiger partial charge in [0.05, 0.1) is 18.7 Å². The molecular weight excluding hydrogens is 232 g/mol. The quantitative estimate of drug-likeness (QED) is 0.802. The summed E-state index contributed by atoms with van der Waals surface area (Å²) in [4.78, 5) is 25.8. The van der Waals surface area contributed by atoms with E-state index in [4.69, 9.17) is 4.74 Å². The standard InChI is InChI=1S/C13H22N2O3/c1-3-5-9-13(17)15(8-12(16)14-9)10-6-4-7-11(10)18-2/h9-11H,3-8H2,1-2H3,(H,14,16). The third-order valence-electron chi connectivity index (χ3n) is 3.93. The SMILES string of the molecule is CCCC1NC(=O)CN(C2CCCC2OC)C1=O. The molecule has 102 valence electrons. The normalized spacial score (nSPS) is 32.8. The van der Waals surface area contributed by atoms with Crippen LogP contribution in [0.4, 0.5) is 0 Å². The van der Waals surface area contributed by atoms with Crippen LogP contribution < -0.4 is 5.32 Å². The average Bonchev–Trinajstić information content (AvgIpc) is 2.81. The van der Waals surface area contributed by atoms with Crippen molar-refractivity contribution in [3.8, 4) is 0 Å². The molecule has 5 nitrogen and oxygen atoms in total. The smallest absolute Gasteiger partial charge is 0.245 e. The Bertz CT molecular complexity index is 332. The zero-order valence-electron chi connectivity index (χ0n) is 11.1. The van der Waals surface area contributed by atoms with Gasteiger partial charge in [-0.05, 0) is 25.7 Å². The first-order valence-corrected chi connectivity index (χ1v) is 6.80. The molecule has 2 rings (SSSR count). The van der Waals surface area contributed by atoms with Crippen LogP contribution in [-0.4, -0.2) is 48.6 Å². The maximum atomic E-state index is 12.4. The number of ether oxygens (including phenoxy) is 1. The van der Waals surface area contributed by atoms with Crippen LogP contribution in [0.15, 0.2) is 0 Å². The maximum absolute atomic E-state index is 12.4. The molecule has 2 fully saturated rings. The largest absolute Gasteiger partial charge is 0.379 e. The number of hydrogen-bond acceptors (Lipinski definition) is 3. The summed E-state index contributed by atoms with van der Waals surface area (Å²) in [5, 5.41) is 2.78. The summed E-state index contributed by atoms with van der Waals surface area (Å²) < 4.78 is 5.43. The van der Waals surface area contributed by atoms with Crippen molar-refractivity contribution in [2.45, 2.75) is 57.2 Å². The van der Waals surface area contributed by atoms with Crippen LogP contribution in [0.5, 0.6) is 0 Å². The summed E-state index contributed by atoms with van der Waals surface area (Å²) in [6, 6.07) is -0.262. The van der Waals surface area contributed by atoms with Gasteiger partial charge >= 0.3 is 0 Å². The third-order valence-corrected chi connectivity index (χ3v) is 3.93. The molecular formula is C13H22N2O3. The lowest BCUT2D eigenvalue weighted by atomic mass is 10.0. The van der Waals surface area contributed by atoms with E-state index in [0.717, 1.165) is 25.7 Å².